The summed E-state index contributed by atoms with van der Waals surface area (Å²) in [5.41, 5.74) is 1.57. The first-order valence-electron chi connectivity index (χ1n) is 4.07. The number of nitrogens with zero attached hydrogens (tertiary/aromatic N) is 1. The van der Waals surface area contributed by atoms with Gasteiger partial charge in [0.2, 0.25) is 0 Å². The van der Waals surface area contributed by atoms with E-state index in [9.17, 15) is 0 Å². The smallest absolute Gasteiger partial charge is 0.113 e. The lowest BCUT2D eigenvalue weighted by Crippen LogP contribution is -1.78. The van der Waals surface area contributed by atoms with Crippen molar-refractivity contribution in [3.63, 3.8) is 0 Å². The maximum atomic E-state index is 4.07. The van der Waals surface area contributed by atoms with Crippen molar-refractivity contribution in [2.75, 3.05) is 0 Å². The van der Waals surface area contributed by atoms with E-state index in [0.29, 0.717) is 0 Å². The van der Waals surface area contributed by atoms with Crippen molar-refractivity contribution in [3.05, 3.63) is 54.4 Å². The second kappa shape index (κ2) is 4.95. The lowest BCUT2D eigenvalue weighted by atomic mass is 10.2. The molecule has 1 nitrogen and oxygen atoms in total. The van der Waals surface area contributed by atoms with E-state index in [4.69, 9.17) is 0 Å². The van der Waals surface area contributed by atoms with E-state index in [0.717, 1.165) is 11.3 Å². The van der Waals surface area contributed by atoms with Crippen LogP contribution in [0.2, 0.25) is 0 Å². The van der Waals surface area contributed by atoms with E-state index in [1.165, 1.54) is 0 Å². The first-order valence-corrected chi connectivity index (χ1v) is 4.07. The van der Waals surface area contributed by atoms with Crippen LogP contribution in [0, 0.1) is 11.8 Å². The van der Waals surface area contributed by atoms with Gasteiger partial charge in [0.15, 0.2) is 0 Å². The van der Waals surface area contributed by atoms with Crippen molar-refractivity contribution in [2.45, 2.75) is 6.92 Å². The SMILES string of the molecule is C=C(C#Cc1ccccn1)C=CC. The molecule has 1 aromatic rings. The summed E-state index contributed by atoms with van der Waals surface area (Å²) >= 11 is 0. The zero-order valence-corrected chi connectivity index (χ0v) is 7.62. The van der Waals surface area contributed by atoms with Gasteiger partial charge < -0.3 is 0 Å². The molecule has 0 amide bonds. The van der Waals surface area contributed by atoms with Crippen LogP contribution in [0.4, 0.5) is 0 Å². The molecule has 13 heavy (non-hydrogen) atoms. The molecule has 0 aromatic carbocycles. The van der Waals surface area contributed by atoms with Gasteiger partial charge in [0.25, 0.3) is 0 Å². The van der Waals surface area contributed by atoms with Gasteiger partial charge in [0.05, 0.1) is 0 Å². The fourth-order valence-electron chi connectivity index (χ4n) is 0.824. The van der Waals surface area contributed by atoms with E-state index in [1.54, 1.807) is 6.20 Å². The van der Waals surface area contributed by atoms with E-state index in [1.807, 2.05) is 37.3 Å². The predicted molar refractivity (Wildman–Crippen MR) is 55.1 cm³/mol. The minimum atomic E-state index is 0.771. The maximum Gasteiger partial charge on any atom is 0.113 e. The molecule has 1 heteroatoms. The van der Waals surface area contributed by atoms with Crippen LogP contribution in [-0.2, 0) is 0 Å². The minimum Gasteiger partial charge on any atom is -0.248 e. The highest BCUT2D eigenvalue weighted by Crippen LogP contribution is 1.93. The fourth-order valence-corrected chi connectivity index (χ4v) is 0.824. The molecule has 0 unspecified atom stereocenters. The molecule has 0 aliphatic carbocycles. The number of hydrogen-bond acceptors (Lipinski definition) is 1. The van der Waals surface area contributed by atoms with Gasteiger partial charge in [-0.2, -0.15) is 0 Å². The quantitative estimate of drug-likeness (QED) is 0.465. The fraction of sp³-hybridized carbons (Fsp3) is 0.0833. The van der Waals surface area contributed by atoms with Gasteiger partial charge in [-0.25, -0.2) is 4.98 Å². The second-order valence-electron chi connectivity index (χ2n) is 2.49. The van der Waals surface area contributed by atoms with E-state index in [2.05, 4.69) is 23.4 Å². The molecule has 0 radical (unpaired) electrons. The summed E-state index contributed by atoms with van der Waals surface area (Å²) < 4.78 is 0. The summed E-state index contributed by atoms with van der Waals surface area (Å²) in [4.78, 5) is 4.07. The molecular formula is C12H11N. The van der Waals surface area contributed by atoms with Gasteiger partial charge in [0, 0.05) is 11.8 Å². The first-order chi connectivity index (χ1) is 6.33. The molecule has 0 saturated carbocycles. The monoisotopic (exact) mass is 169 g/mol. The molecule has 0 N–H and O–H groups in total. The van der Waals surface area contributed by atoms with Crippen LogP contribution in [0.3, 0.4) is 0 Å². The van der Waals surface area contributed by atoms with Crippen molar-refractivity contribution in [2.24, 2.45) is 0 Å². The molecule has 0 aliphatic heterocycles. The Morgan fingerprint density at radius 2 is 2.38 bits per heavy atom. The molecule has 0 spiro atoms. The van der Waals surface area contributed by atoms with Crippen molar-refractivity contribution < 1.29 is 0 Å². The van der Waals surface area contributed by atoms with Gasteiger partial charge in [-0.3, -0.25) is 0 Å². The lowest BCUT2D eigenvalue weighted by Gasteiger charge is -1.86. The van der Waals surface area contributed by atoms with Gasteiger partial charge >= 0.3 is 0 Å². The Bertz CT molecular complexity index is 363. The zero-order chi connectivity index (χ0) is 9.52. The molecular weight excluding hydrogens is 158 g/mol. The van der Waals surface area contributed by atoms with E-state index in [-0.39, 0.29) is 0 Å². The first kappa shape index (κ1) is 9.28. The normalized spacial score (nSPS) is 9.31. The predicted octanol–water partition coefficient (Wildman–Crippen LogP) is 2.57. The Morgan fingerprint density at radius 1 is 1.54 bits per heavy atom. The topological polar surface area (TPSA) is 12.9 Å². The highest BCUT2D eigenvalue weighted by Gasteiger charge is 1.82. The zero-order valence-electron chi connectivity index (χ0n) is 7.62. The lowest BCUT2D eigenvalue weighted by molar-refractivity contribution is 1.29. The Kier molecular flexibility index (Phi) is 3.53. The second-order valence-corrected chi connectivity index (χ2v) is 2.49. The minimum absolute atomic E-state index is 0.771. The van der Waals surface area contributed by atoms with Gasteiger partial charge in [0.1, 0.15) is 5.69 Å². The third kappa shape index (κ3) is 3.39. The average molecular weight is 169 g/mol. The molecule has 0 bridgehead atoms. The molecule has 0 aliphatic rings. The molecule has 1 aromatic heterocycles. The molecule has 1 heterocycles. The Labute approximate surface area is 78.8 Å². The van der Waals surface area contributed by atoms with Crippen molar-refractivity contribution >= 4 is 0 Å². The summed E-state index contributed by atoms with van der Waals surface area (Å²) in [6.07, 6.45) is 5.51. The van der Waals surface area contributed by atoms with Crippen LogP contribution in [0.15, 0.2) is 48.7 Å². The van der Waals surface area contributed by atoms with Gasteiger partial charge in [-0.1, -0.05) is 30.7 Å². The summed E-state index contributed by atoms with van der Waals surface area (Å²) in [6, 6.07) is 5.65. The van der Waals surface area contributed by atoms with Gasteiger partial charge in [-0.15, -0.1) is 0 Å². The summed E-state index contributed by atoms with van der Waals surface area (Å²) in [7, 11) is 0. The van der Waals surface area contributed by atoms with Crippen molar-refractivity contribution in [3.8, 4) is 11.8 Å². The highest BCUT2D eigenvalue weighted by molar-refractivity contribution is 5.40. The van der Waals surface area contributed by atoms with Crippen molar-refractivity contribution in [1.82, 2.24) is 4.98 Å². The Balaban J connectivity index is 2.73. The summed E-state index contributed by atoms with van der Waals surface area (Å²) in [6.45, 7) is 5.71. The largest absolute Gasteiger partial charge is 0.248 e. The van der Waals surface area contributed by atoms with Crippen LogP contribution < -0.4 is 0 Å². The van der Waals surface area contributed by atoms with Crippen LogP contribution in [0.25, 0.3) is 0 Å². The number of rotatable bonds is 1. The van der Waals surface area contributed by atoms with Crippen LogP contribution in [0.1, 0.15) is 12.6 Å². The van der Waals surface area contributed by atoms with Crippen LogP contribution >= 0.6 is 0 Å². The maximum absolute atomic E-state index is 4.07. The molecule has 0 atom stereocenters. The number of aromatic nitrogens is 1. The third-order valence-corrected chi connectivity index (χ3v) is 1.38. The molecule has 64 valence electrons. The number of pyridine rings is 1. The molecule has 0 saturated heterocycles. The summed E-state index contributed by atoms with van der Waals surface area (Å²) in [5.74, 6) is 5.82. The number of hydrogen-bond donors (Lipinski definition) is 0. The van der Waals surface area contributed by atoms with E-state index >= 15 is 0 Å². The van der Waals surface area contributed by atoms with Gasteiger partial charge in [-0.05, 0) is 25.0 Å². The Morgan fingerprint density at radius 3 is 3.00 bits per heavy atom. The van der Waals surface area contributed by atoms with E-state index < -0.39 is 0 Å². The summed E-state index contributed by atoms with van der Waals surface area (Å²) in [5, 5.41) is 0. The number of allylic oxidation sites excluding steroid dienone is 3. The van der Waals surface area contributed by atoms with Crippen LogP contribution in [0.5, 0.6) is 0 Å². The van der Waals surface area contributed by atoms with Crippen LogP contribution in [-0.4, -0.2) is 4.98 Å². The van der Waals surface area contributed by atoms with Crippen molar-refractivity contribution in [1.29, 1.82) is 0 Å². The molecule has 0 fully saturated rings. The third-order valence-electron chi connectivity index (χ3n) is 1.38. The molecule has 1 rings (SSSR count). The Hall–Kier alpha value is -1.81. The standard InChI is InChI=1S/C12H11N/c1-3-6-11(2)8-9-12-7-4-5-10-13-12/h3-7,10H,2H2,1H3. The average Bonchev–Trinajstić information content (AvgIpc) is 2.17. The highest BCUT2D eigenvalue weighted by atomic mass is 14.6.